The Kier molecular flexibility index (Phi) is 7.55. The van der Waals surface area contributed by atoms with Crippen LogP contribution in [0.25, 0.3) is 0 Å². The molecule has 0 aliphatic carbocycles. The van der Waals surface area contributed by atoms with Crippen LogP contribution in [0, 0.1) is 5.82 Å². The van der Waals surface area contributed by atoms with Gasteiger partial charge in [-0.25, -0.2) is 9.37 Å². The lowest BCUT2D eigenvalue weighted by molar-refractivity contribution is -0.111. The van der Waals surface area contributed by atoms with Crippen molar-refractivity contribution >= 4 is 40.4 Å². The average Bonchev–Trinajstić information content (AvgIpc) is 2.78. The highest BCUT2D eigenvalue weighted by Gasteiger charge is 2.09. The zero-order valence-electron chi connectivity index (χ0n) is 17.4. The van der Waals surface area contributed by atoms with Crippen molar-refractivity contribution in [3.05, 3.63) is 67.1 Å². The number of hydrogen-bond donors (Lipinski definition) is 4. The molecule has 0 radical (unpaired) electrons. The Labute approximate surface area is 184 Å². The molecule has 0 saturated carbocycles. The Hall–Kier alpha value is -4.18. The van der Waals surface area contributed by atoms with Crippen molar-refractivity contribution in [2.45, 2.75) is 0 Å². The van der Waals surface area contributed by atoms with Crippen molar-refractivity contribution in [1.82, 2.24) is 9.97 Å². The average molecular weight is 438 g/mol. The van der Waals surface area contributed by atoms with E-state index in [0.29, 0.717) is 35.2 Å². The van der Waals surface area contributed by atoms with E-state index >= 15 is 0 Å². The third kappa shape index (κ3) is 6.16. The molecule has 0 unspecified atom stereocenters. The summed E-state index contributed by atoms with van der Waals surface area (Å²) in [7, 11) is 1.54. The van der Waals surface area contributed by atoms with Crippen molar-refractivity contribution in [3.8, 4) is 5.75 Å². The van der Waals surface area contributed by atoms with Crippen LogP contribution in [-0.2, 0) is 9.53 Å². The molecule has 0 bridgehead atoms. The molecule has 5 N–H and O–H groups in total. The Morgan fingerprint density at radius 3 is 2.69 bits per heavy atom. The van der Waals surface area contributed by atoms with E-state index in [2.05, 4.69) is 32.5 Å². The third-order valence-corrected chi connectivity index (χ3v) is 4.13. The third-order valence-electron chi connectivity index (χ3n) is 4.13. The molecular weight excluding hydrogens is 415 g/mol. The van der Waals surface area contributed by atoms with Gasteiger partial charge in [0.25, 0.3) is 0 Å². The number of halogens is 1. The second-order valence-electron chi connectivity index (χ2n) is 6.51. The molecule has 0 atom stereocenters. The number of nitrogens with one attached hydrogen (secondary N) is 3. The van der Waals surface area contributed by atoms with Gasteiger partial charge in [0.1, 0.15) is 6.61 Å². The fourth-order valence-electron chi connectivity index (χ4n) is 2.62. The summed E-state index contributed by atoms with van der Waals surface area (Å²) >= 11 is 0. The summed E-state index contributed by atoms with van der Waals surface area (Å²) in [6.07, 6.45) is 2.61. The van der Waals surface area contributed by atoms with E-state index in [-0.39, 0.29) is 24.2 Å². The number of anilines is 6. The molecule has 166 valence electrons. The van der Waals surface area contributed by atoms with E-state index in [1.54, 1.807) is 37.4 Å². The summed E-state index contributed by atoms with van der Waals surface area (Å²) in [4.78, 5) is 20.0. The van der Waals surface area contributed by atoms with Crippen LogP contribution in [0.4, 0.5) is 38.9 Å². The van der Waals surface area contributed by atoms with Crippen LogP contribution < -0.4 is 26.4 Å². The van der Waals surface area contributed by atoms with E-state index in [4.69, 9.17) is 15.2 Å². The predicted octanol–water partition coefficient (Wildman–Crippen LogP) is 3.83. The number of nitrogens with two attached hydrogens (primary N) is 1. The minimum Gasteiger partial charge on any atom is -0.488 e. The topological polar surface area (TPSA) is 123 Å². The van der Waals surface area contributed by atoms with Crippen molar-refractivity contribution in [3.63, 3.8) is 0 Å². The molecule has 3 rings (SSSR count). The van der Waals surface area contributed by atoms with Crippen LogP contribution in [0.15, 0.2) is 61.3 Å². The zero-order valence-corrected chi connectivity index (χ0v) is 17.4. The molecule has 10 heteroatoms. The number of benzene rings is 2. The molecule has 3 aromatic rings. The number of hydrogen-bond acceptors (Lipinski definition) is 8. The van der Waals surface area contributed by atoms with Crippen molar-refractivity contribution in [1.29, 1.82) is 0 Å². The fourth-order valence-corrected chi connectivity index (χ4v) is 2.62. The minimum absolute atomic E-state index is 0.122. The van der Waals surface area contributed by atoms with Gasteiger partial charge in [-0.2, -0.15) is 4.98 Å². The largest absolute Gasteiger partial charge is 0.488 e. The first-order valence-corrected chi connectivity index (χ1v) is 9.60. The maximum atomic E-state index is 14.2. The Morgan fingerprint density at radius 2 is 1.94 bits per heavy atom. The fraction of sp³-hybridized carbons (Fsp3) is 0.136. The van der Waals surface area contributed by atoms with Gasteiger partial charge < -0.3 is 31.2 Å². The van der Waals surface area contributed by atoms with Gasteiger partial charge >= 0.3 is 0 Å². The first kappa shape index (κ1) is 22.5. The number of ether oxygens (including phenoxy) is 2. The molecule has 1 aromatic heterocycles. The number of carbonyl (C=O) groups is 1. The van der Waals surface area contributed by atoms with Crippen LogP contribution in [0.2, 0.25) is 0 Å². The standard InChI is InChI=1S/C22H23FN6O3/c1-3-20(30)26-14-5-4-6-15(11-14)27-21-18(24)13-25-22(29-21)28-16-7-8-19(17(23)12-16)32-10-9-31-2/h3-8,11-13H,1,9-10,24H2,2H3,(H,26,30)(H2,25,27,28,29). The molecule has 1 heterocycles. The summed E-state index contributed by atoms with van der Waals surface area (Å²) in [6, 6.07) is 11.4. The zero-order chi connectivity index (χ0) is 22.9. The summed E-state index contributed by atoms with van der Waals surface area (Å²) < 4.78 is 24.4. The van der Waals surface area contributed by atoms with Crippen LogP contribution in [0.5, 0.6) is 5.75 Å². The molecule has 9 nitrogen and oxygen atoms in total. The van der Waals surface area contributed by atoms with Crippen LogP contribution in [-0.4, -0.2) is 36.2 Å². The quantitative estimate of drug-likeness (QED) is 0.278. The Bertz CT molecular complexity index is 1110. The van der Waals surface area contributed by atoms with Gasteiger partial charge in [0, 0.05) is 30.2 Å². The number of nitrogen functional groups attached to an aromatic ring is 1. The van der Waals surface area contributed by atoms with Gasteiger partial charge in [-0.1, -0.05) is 12.6 Å². The van der Waals surface area contributed by atoms with Crippen molar-refractivity contribution < 1.29 is 18.7 Å². The Balaban J connectivity index is 1.72. The number of methoxy groups -OCH3 is 1. The molecule has 1 amide bonds. The van der Waals surface area contributed by atoms with Crippen LogP contribution in [0.3, 0.4) is 0 Å². The van der Waals surface area contributed by atoms with E-state index in [1.165, 1.54) is 24.4 Å². The van der Waals surface area contributed by atoms with Crippen LogP contribution in [0.1, 0.15) is 0 Å². The summed E-state index contributed by atoms with van der Waals surface area (Å²) in [6.45, 7) is 4.03. The van der Waals surface area contributed by atoms with Crippen molar-refractivity contribution in [2.24, 2.45) is 0 Å². The number of carbonyl (C=O) groups excluding carboxylic acids is 1. The molecular formula is C22H23FN6O3. The molecule has 0 fully saturated rings. The highest BCUT2D eigenvalue weighted by molar-refractivity contribution is 5.99. The smallest absolute Gasteiger partial charge is 0.247 e. The van der Waals surface area contributed by atoms with Gasteiger partial charge in [-0.3, -0.25) is 4.79 Å². The molecule has 0 saturated heterocycles. The maximum Gasteiger partial charge on any atom is 0.247 e. The number of rotatable bonds is 10. The number of amides is 1. The van der Waals surface area contributed by atoms with Crippen LogP contribution >= 0.6 is 0 Å². The highest BCUT2D eigenvalue weighted by Crippen LogP contribution is 2.26. The lowest BCUT2D eigenvalue weighted by Crippen LogP contribution is -2.08. The number of aromatic nitrogens is 2. The maximum absolute atomic E-state index is 14.2. The molecule has 2 aromatic carbocycles. The number of nitrogens with zero attached hydrogens (tertiary/aromatic N) is 2. The second-order valence-corrected chi connectivity index (χ2v) is 6.51. The monoisotopic (exact) mass is 438 g/mol. The summed E-state index contributed by atoms with van der Waals surface area (Å²) in [5.41, 5.74) is 7.96. The molecule has 0 aliphatic rings. The molecule has 0 spiro atoms. The molecule has 32 heavy (non-hydrogen) atoms. The van der Waals surface area contributed by atoms with Gasteiger partial charge in [0.2, 0.25) is 11.9 Å². The van der Waals surface area contributed by atoms with E-state index in [9.17, 15) is 9.18 Å². The molecule has 0 aliphatic heterocycles. The second kappa shape index (κ2) is 10.7. The minimum atomic E-state index is -0.529. The van der Waals surface area contributed by atoms with Crippen molar-refractivity contribution in [2.75, 3.05) is 42.0 Å². The van der Waals surface area contributed by atoms with E-state index < -0.39 is 5.82 Å². The highest BCUT2D eigenvalue weighted by atomic mass is 19.1. The lowest BCUT2D eigenvalue weighted by Gasteiger charge is -2.12. The van der Waals surface area contributed by atoms with Gasteiger partial charge in [-0.05, 0) is 36.4 Å². The first-order chi connectivity index (χ1) is 15.5. The summed E-state index contributed by atoms with van der Waals surface area (Å²) in [5, 5.41) is 8.69. The predicted molar refractivity (Wildman–Crippen MR) is 122 cm³/mol. The SMILES string of the molecule is C=CC(=O)Nc1cccc(Nc2nc(Nc3ccc(OCCOC)c(F)c3)ncc2N)c1. The van der Waals surface area contributed by atoms with Gasteiger partial charge in [-0.15, -0.1) is 0 Å². The van der Waals surface area contributed by atoms with E-state index in [0.717, 1.165) is 0 Å². The Morgan fingerprint density at radius 1 is 1.16 bits per heavy atom. The first-order valence-electron chi connectivity index (χ1n) is 9.60. The van der Waals surface area contributed by atoms with Gasteiger partial charge in [0.15, 0.2) is 17.4 Å². The lowest BCUT2D eigenvalue weighted by atomic mass is 10.2. The van der Waals surface area contributed by atoms with E-state index in [1.807, 2.05) is 0 Å². The van der Waals surface area contributed by atoms with Gasteiger partial charge in [0.05, 0.1) is 18.5 Å². The summed E-state index contributed by atoms with van der Waals surface area (Å²) in [5.74, 6) is -0.174. The normalized spacial score (nSPS) is 10.3.